The van der Waals surface area contributed by atoms with Crippen LogP contribution in [0.2, 0.25) is 0 Å². The Balaban J connectivity index is 1.53. The molecule has 0 bridgehead atoms. The van der Waals surface area contributed by atoms with E-state index in [0.717, 1.165) is 12.8 Å². The van der Waals surface area contributed by atoms with Gasteiger partial charge in [-0.15, -0.1) is 0 Å². The van der Waals surface area contributed by atoms with E-state index >= 15 is 0 Å². The van der Waals surface area contributed by atoms with Gasteiger partial charge in [0.15, 0.2) is 17.0 Å². The standard InChI is InChI=1S/C21H33N3O2/c1-2-3-4-5-6-7-8-9-10-11-12-13-14-19(25)17-15-16-18-20(21(17)26)23-24-22-18/h15-16,26H,2-14H2,1H3,(H,22,23,24). The van der Waals surface area contributed by atoms with E-state index in [1.807, 2.05) is 0 Å². The van der Waals surface area contributed by atoms with Gasteiger partial charge in [-0.25, -0.2) is 0 Å². The van der Waals surface area contributed by atoms with Crippen LogP contribution in [0.4, 0.5) is 0 Å². The van der Waals surface area contributed by atoms with E-state index in [9.17, 15) is 9.90 Å². The van der Waals surface area contributed by atoms with Gasteiger partial charge in [0.05, 0.1) is 5.56 Å². The molecule has 0 amide bonds. The van der Waals surface area contributed by atoms with Crippen LogP contribution in [0, 0.1) is 0 Å². The number of phenolic OH excluding ortho intramolecular Hbond substituents is 1. The average molecular weight is 360 g/mol. The molecule has 0 spiro atoms. The Morgan fingerprint density at radius 2 is 1.46 bits per heavy atom. The van der Waals surface area contributed by atoms with E-state index in [1.54, 1.807) is 12.1 Å². The molecule has 0 aliphatic heterocycles. The van der Waals surface area contributed by atoms with Gasteiger partial charge < -0.3 is 5.11 Å². The summed E-state index contributed by atoms with van der Waals surface area (Å²) < 4.78 is 0. The van der Waals surface area contributed by atoms with Crippen LogP contribution in [0.5, 0.6) is 5.75 Å². The van der Waals surface area contributed by atoms with Gasteiger partial charge >= 0.3 is 0 Å². The molecule has 0 unspecified atom stereocenters. The molecule has 1 aromatic heterocycles. The zero-order valence-electron chi connectivity index (χ0n) is 16.1. The number of nitrogens with zero attached hydrogens (tertiary/aromatic N) is 2. The number of hydrogen-bond donors (Lipinski definition) is 2. The Hall–Kier alpha value is -1.91. The van der Waals surface area contributed by atoms with Crippen molar-refractivity contribution in [1.82, 2.24) is 15.4 Å². The zero-order valence-corrected chi connectivity index (χ0v) is 16.1. The number of rotatable bonds is 14. The summed E-state index contributed by atoms with van der Waals surface area (Å²) in [6.45, 7) is 2.26. The lowest BCUT2D eigenvalue weighted by Gasteiger charge is -2.05. The molecule has 1 heterocycles. The smallest absolute Gasteiger partial charge is 0.166 e. The molecule has 2 aromatic rings. The molecule has 0 atom stereocenters. The van der Waals surface area contributed by atoms with Gasteiger partial charge in [-0.3, -0.25) is 4.79 Å². The number of H-pyrrole nitrogens is 1. The minimum absolute atomic E-state index is 0.0144. The van der Waals surface area contributed by atoms with Gasteiger partial charge in [0, 0.05) is 6.42 Å². The number of benzene rings is 1. The highest BCUT2D eigenvalue weighted by atomic mass is 16.3. The van der Waals surface area contributed by atoms with Gasteiger partial charge in [-0.2, -0.15) is 15.4 Å². The summed E-state index contributed by atoms with van der Waals surface area (Å²) in [7, 11) is 0. The maximum absolute atomic E-state index is 12.3. The van der Waals surface area contributed by atoms with Gasteiger partial charge in [0.1, 0.15) is 5.52 Å². The Bertz CT molecular complexity index is 666. The number of Topliss-reactive ketones (excluding diaryl/α,β-unsaturated/α-hetero) is 1. The van der Waals surface area contributed by atoms with Crippen molar-refractivity contribution in [3.63, 3.8) is 0 Å². The second-order valence-electron chi connectivity index (χ2n) is 7.22. The molecule has 144 valence electrons. The van der Waals surface area contributed by atoms with Crippen LogP contribution < -0.4 is 0 Å². The summed E-state index contributed by atoms with van der Waals surface area (Å²) in [6.07, 6.45) is 15.8. The SMILES string of the molecule is CCCCCCCCCCCCCCC(=O)c1ccc2n[nH]nc2c1O. The maximum atomic E-state index is 12.3. The highest BCUT2D eigenvalue weighted by Gasteiger charge is 2.15. The number of hydrogen-bond acceptors (Lipinski definition) is 4. The summed E-state index contributed by atoms with van der Waals surface area (Å²) in [5.74, 6) is -0.0698. The van der Waals surface area contributed by atoms with Crippen LogP contribution in [0.25, 0.3) is 11.0 Å². The molecule has 5 nitrogen and oxygen atoms in total. The number of carbonyl (C=O) groups excluding carboxylic acids is 1. The number of ketones is 1. The highest BCUT2D eigenvalue weighted by molar-refractivity contribution is 6.02. The molecule has 0 fully saturated rings. The zero-order chi connectivity index (χ0) is 18.6. The third kappa shape index (κ3) is 6.43. The summed E-state index contributed by atoms with van der Waals surface area (Å²) in [5, 5.41) is 20.4. The molecule has 1 aromatic carbocycles. The number of aromatic nitrogens is 3. The molecule has 5 heteroatoms. The maximum Gasteiger partial charge on any atom is 0.166 e. The molecule has 26 heavy (non-hydrogen) atoms. The van der Waals surface area contributed by atoms with E-state index in [2.05, 4.69) is 22.3 Å². The second-order valence-corrected chi connectivity index (χ2v) is 7.22. The fraction of sp³-hybridized carbons (Fsp3) is 0.667. The van der Waals surface area contributed by atoms with Crippen LogP contribution in [0.1, 0.15) is 101 Å². The van der Waals surface area contributed by atoms with E-state index in [1.165, 1.54) is 64.2 Å². The first kappa shape index (κ1) is 20.4. The van der Waals surface area contributed by atoms with Crippen LogP contribution in [-0.4, -0.2) is 26.3 Å². The summed E-state index contributed by atoms with van der Waals surface area (Å²) >= 11 is 0. The van der Waals surface area contributed by atoms with Gasteiger partial charge in [-0.05, 0) is 18.6 Å². The van der Waals surface area contributed by atoms with Crippen molar-refractivity contribution < 1.29 is 9.90 Å². The number of nitrogens with one attached hydrogen (secondary N) is 1. The average Bonchev–Trinajstić information content (AvgIpc) is 3.12. The Kier molecular flexibility index (Phi) is 9.15. The fourth-order valence-corrected chi connectivity index (χ4v) is 3.38. The lowest BCUT2D eigenvalue weighted by Crippen LogP contribution is -2.00. The lowest BCUT2D eigenvalue weighted by atomic mass is 10.0. The minimum atomic E-state index is -0.0554. The van der Waals surface area contributed by atoms with Crippen molar-refractivity contribution >= 4 is 16.8 Å². The first-order chi connectivity index (χ1) is 12.7. The van der Waals surface area contributed by atoms with Crippen molar-refractivity contribution in [2.24, 2.45) is 0 Å². The van der Waals surface area contributed by atoms with Gasteiger partial charge in [-0.1, -0.05) is 77.6 Å². The summed E-state index contributed by atoms with van der Waals surface area (Å²) in [6, 6.07) is 3.36. The second kappa shape index (κ2) is 11.7. The van der Waals surface area contributed by atoms with Crippen LogP contribution in [0.3, 0.4) is 0 Å². The Labute approximate surface area is 156 Å². The van der Waals surface area contributed by atoms with Crippen molar-refractivity contribution in [2.75, 3.05) is 0 Å². The lowest BCUT2D eigenvalue weighted by molar-refractivity contribution is 0.0976. The van der Waals surface area contributed by atoms with Gasteiger partial charge in [0.25, 0.3) is 0 Å². The molecule has 0 radical (unpaired) electrons. The molecular formula is C21H33N3O2. The third-order valence-electron chi connectivity index (χ3n) is 5.02. The molecule has 0 saturated heterocycles. The highest BCUT2D eigenvalue weighted by Crippen LogP contribution is 2.27. The van der Waals surface area contributed by atoms with Crippen molar-refractivity contribution in [3.8, 4) is 5.75 Å². The van der Waals surface area contributed by atoms with E-state index in [-0.39, 0.29) is 11.5 Å². The van der Waals surface area contributed by atoms with Crippen molar-refractivity contribution in [2.45, 2.75) is 90.4 Å². The molecule has 0 aliphatic carbocycles. The number of carbonyl (C=O) groups is 1. The van der Waals surface area contributed by atoms with Crippen molar-refractivity contribution in [1.29, 1.82) is 0 Å². The monoisotopic (exact) mass is 359 g/mol. The molecule has 0 aliphatic rings. The molecular weight excluding hydrogens is 326 g/mol. The number of fused-ring (bicyclic) bond motifs is 1. The molecule has 2 rings (SSSR count). The predicted octanol–water partition coefficient (Wildman–Crippen LogP) is 5.94. The van der Waals surface area contributed by atoms with E-state index < -0.39 is 0 Å². The quantitative estimate of drug-likeness (QED) is 0.323. The first-order valence-electron chi connectivity index (χ1n) is 10.3. The Morgan fingerprint density at radius 1 is 0.885 bits per heavy atom. The Morgan fingerprint density at radius 3 is 2.08 bits per heavy atom. The molecule has 0 saturated carbocycles. The number of aromatic amines is 1. The predicted molar refractivity (Wildman–Crippen MR) is 106 cm³/mol. The first-order valence-corrected chi connectivity index (χ1v) is 10.3. The van der Waals surface area contributed by atoms with Crippen LogP contribution >= 0.6 is 0 Å². The summed E-state index contributed by atoms with van der Waals surface area (Å²) in [4.78, 5) is 12.3. The van der Waals surface area contributed by atoms with Gasteiger partial charge in [0.2, 0.25) is 0 Å². The number of unbranched alkanes of at least 4 members (excludes halogenated alkanes) is 11. The molecule has 2 N–H and O–H groups in total. The third-order valence-corrected chi connectivity index (χ3v) is 5.02. The fourth-order valence-electron chi connectivity index (χ4n) is 3.38. The van der Waals surface area contributed by atoms with E-state index in [0.29, 0.717) is 23.0 Å². The summed E-state index contributed by atoms with van der Waals surface area (Å²) in [5.41, 5.74) is 1.30. The van der Waals surface area contributed by atoms with Crippen LogP contribution in [0.15, 0.2) is 12.1 Å². The van der Waals surface area contributed by atoms with Crippen LogP contribution in [-0.2, 0) is 0 Å². The topological polar surface area (TPSA) is 78.9 Å². The minimum Gasteiger partial charge on any atom is -0.505 e. The number of phenols is 1. The van der Waals surface area contributed by atoms with E-state index in [4.69, 9.17) is 0 Å². The van der Waals surface area contributed by atoms with Crippen molar-refractivity contribution in [3.05, 3.63) is 17.7 Å². The largest absolute Gasteiger partial charge is 0.505 e. The number of aromatic hydroxyl groups is 1. The normalized spacial score (nSPS) is 11.3.